The molecule has 0 fully saturated rings. The van der Waals surface area contributed by atoms with Crippen molar-refractivity contribution < 1.29 is 14.7 Å². The molecule has 0 radical (unpaired) electrons. The van der Waals surface area contributed by atoms with Gasteiger partial charge in [-0.3, -0.25) is 4.79 Å². The lowest BCUT2D eigenvalue weighted by Crippen LogP contribution is -2.40. The number of fused-ring (bicyclic) bond motifs is 1. The number of hydrogen-bond donors (Lipinski definition) is 2. The second-order valence-corrected chi connectivity index (χ2v) is 4.22. The molecule has 0 aliphatic rings. The molecule has 0 aliphatic heterocycles. The summed E-state index contributed by atoms with van der Waals surface area (Å²) in [5.41, 5.74) is 0.954. The standard InChI is InChI=1S/C12H15N5O3/c1-3-8(11(19)20)16-10(18)7-5-13-12-14-6-15-17(12)9(7)4-2/h5-6,8H,3-4H2,1-2H3,(H,16,18)(H,19,20)/t8-/m1/s1. The topological polar surface area (TPSA) is 109 Å². The predicted octanol–water partition coefficient (Wildman–Crippen LogP) is 0.280. The lowest BCUT2D eigenvalue weighted by molar-refractivity contribution is -0.139. The fourth-order valence-electron chi connectivity index (χ4n) is 1.93. The molecule has 0 aliphatic carbocycles. The van der Waals surface area contributed by atoms with Crippen molar-refractivity contribution >= 4 is 17.7 Å². The number of nitrogens with one attached hydrogen (secondary N) is 1. The van der Waals surface area contributed by atoms with E-state index < -0.39 is 17.9 Å². The quantitative estimate of drug-likeness (QED) is 0.812. The van der Waals surface area contributed by atoms with Crippen LogP contribution in [-0.4, -0.2) is 42.6 Å². The van der Waals surface area contributed by atoms with Crippen molar-refractivity contribution in [2.45, 2.75) is 32.7 Å². The number of nitrogens with zero attached hydrogens (tertiary/aromatic N) is 4. The van der Waals surface area contributed by atoms with Gasteiger partial charge >= 0.3 is 5.97 Å². The maximum absolute atomic E-state index is 12.2. The zero-order valence-electron chi connectivity index (χ0n) is 11.2. The SMILES string of the molecule is CCc1c(C(=O)N[C@H](CC)C(=O)O)cnc2ncnn12. The molecule has 0 saturated carbocycles. The van der Waals surface area contributed by atoms with E-state index in [1.165, 1.54) is 17.0 Å². The molecule has 1 atom stereocenters. The van der Waals surface area contributed by atoms with Crippen LogP contribution in [0.3, 0.4) is 0 Å². The van der Waals surface area contributed by atoms with Crippen molar-refractivity contribution in [3.05, 3.63) is 23.8 Å². The number of carboxylic acid groups (broad SMARTS) is 1. The van der Waals surface area contributed by atoms with Crippen LogP contribution in [0.1, 0.15) is 36.3 Å². The first-order valence-corrected chi connectivity index (χ1v) is 6.29. The largest absolute Gasteiger partial charge is 0.480 e. The van der Waals surface area contributed by atoms with Crippen molar-refractivity contribution in [3.8, 4) is 0 Å². The van der Waals surface area contributed by atoms with E-state index >= 15 is 0 Å². The monoisotopic (exact) mass is 277 g/mol. The van der Waals surface area contributed by atoms with Gasteiger partial charge in [0.15, 0.2) is 0 Å². The molecule has 1 amide bonds. The molecule has 2 aromatic heterocycles. The second-order valence-electron chi connectivity index (χ2n) is 4.22. The number of rotatable bonds is 5. The highest BCUT2D eigenvalue weighted by atomic mass is 16.4. The van der Waals surface area contributed by atoms with Crippen LogP contribution in [0.5, 0.6) is 0 Å². The van der Waals surface area contributed by atoms with Gasteiger partial charge in [0.25, 0.3) is 11.7 Å². The Balaban J connectivity index is 2.36. The Hall–Kier alpha value is -2.51. The number of aryl methyl sites for hydroxylation is 1. The molecule has 0 spiro atoms. The Morgan fingerprint density at radius 1 is 1.40 bits per heavy atom. The van der Waals surface area contributed by atoms with Crippen LogP contribution in [0.25, 0.3) is 5.78 Å². The van der Waals surface area contributed by atoms with Crippen molar-refractivity contribution in [2.75, 3.05) is 0 Å². The molecule has 2 rings (SSSR count). The third-order valence-corrected chi connectivity index (χ3v) is 3.00. The number of carboxylic acids is 1. The highest BCUT2D eigenvalue weighted by molar-refractivity contribution is 5.97. The summed E-state index contributed by atoms with van der Waals surface area (Å²) in [6, 6.07) is -0.918. The van der Waals surface area contributed by atoms with Gasteiger partial charge in [0.05, 0.1) is 11.3 Å². The maximum Gasteiger partial charge on any atom is 0.326 e. The van der Waals surface area contributed by atoms with Gasteiger partial charge in [0, 0.05) is 6.20 Å². The van der Waals surface area contributed by atoms with Gasteiger partial charge in [-0.15, -0.1) is 0 Å². The number of carbonyl (C=O) groups is 2. The molecule has 0 unspecified atom stereocenters. The number of aromatic nitrogens is 4. The third-order valence-electron chi connectivity index (χ3n) is 3.00. The Labute approximate surface area is 114 Å². The number of carbonyl (C=O) groups excluding carboxylic acids is 1. The normalized spacial score (nSPS) is 12.3. The minimum Gasteiger partial charge on any atom is -0.480 e. The minimum atomic E-state index is -1.06. The van der Waals surface area contributed by atoms with E-state index in [9.17, 15) is 9.59 Å². The van der Waals surface area contributed by atoms with Gasteiger partial charge in [-0.1, -0.05) is 13.8 Å². The number of hydrogen-bond acceptors (Lipinski definition) is 5. The first kappa shape index (κ1) is 13.9. The van der Waals surface area contributed by atoms with Crippen LogP contribution >= 0.6 is 0 Å². The van der Waals surface area contributed by atoms with Gasteiger partial charge in [0.1, 0.15) is 12.4 Å². The Bertz CT molecular complexity index is 652. The third kappa shape index (κ3) is 2.44. The average molecular weight is 277 g/mol. The molecule has 20 heavy (non-hydrogen) atoms. The van der Waals surface area contributed by atoms with E-state index in [0.717, 1.165) is 0 Å². The summed E-state index contributed by atoms with van der Waals surface area (Å²) >= 11 is 0. The fourth-order valence-corrected chi connectivity index (χ4v) is 1.93. The molecule has 2 heterocycles. The Morgan fingerprint density at radius 3 is 2.75 bits per heavy atom. The highest BCUT2D eigenvalue weighted by Gasteiger charge is 2.21. The molecule has 2 aromatic rings. The second kappa shape index (κ2) is 5.64. The fraction of sp³-hybridized carbons (Fsp3) is 0.417. The summed E-state index contributed by atoms with van der Waals surface area (Å²) in [5, 5.41) is 15.5. The molecule has 8 heteroatoms. The minimum absolute atomic E-state index is 0.307. The van der Waals surface area contributed by atoms with E-state index in [2.05, 4.69) is 20.4 Å². The number of aliphatic carboxylic acids is 1. The van der Waals surface area contributed by atoms with Crippen molar-refractivity contribution in [3.63, 3.8) is 0 Å². The lowest BCUT2D eigenvalue weighted by Gasteiger charge is -2.14. The summed E-state index contributed by atoms with van der Waals surface area (Å²) < 4.78 is 1.48. The van der Waals surface area contributed by atoms with E-state index in [-0.39, 0.29) is 0 Å². The van der Waals surface area contributed by atoms with Crippen molar-refractivity contribution in [1.82, 2.24) is 24.9 Å². The summed E-state index contributed by atoms with van der Waals surface area (Å²) in [7, 11) is 0. The smallest absolute Gasteiger partial charge is 0.326 e. The van der Waals surface area contributed by atoms with E-state index in [1.54, 1.807) is 6.92 Å². The molecule has 8 nitrogen and oxygen atoms in total. The molecule has 0 saturated heterocycles. The Kier molecular flexibility index (Phi) is 3.92. The van der Waals surface area contributed by atoms with Gasteiger partial charge in [0.2, 0.25) is 0 Å². The van der Waals surface area contributed by atoms with Crippen LogP contribution in [0.2, 0.25) is 0 Å². The van der Waals surface area contributed by atoms with Gasteiger partial charge in [-0.05, 0) is 12.8 Å². The van der Waals surface area contributed by atoms with Crippen LogP contribution in [-0.2, 0) is 11.2 Å². The first-order valence-electron chi connectivity index (χ1n) is 6.29. The molecular weight excluding hydrogens is 262 g/mol. The predicted molar refractivity (Wildman–Crippen MR) is 69.3 cm³/mol. The zero-order valence-corrected chi connectivity index (χ0v) is 11.2. The van der Waals surface area contributed by atoms with Crippen LogP contribution in [0, 0.1) is 0 Å². The van der Waals surface area contributed by atoms with Crippen molar-refractivity contribution in [1.29, 1.82) is 0 Å². The van der Waals surface area contributed by atoms with Crippen molar-refractivity contribution in [2.24, 2.45) is 0 Å². The molecule has 0 bridgehead atoms. The van der Waals surface area contributed by atoms with Crippen LogP contribution in [0.15, 0.2) is 12.5 Å². The molecule has 2 N–H and O–H groups in total. The summed E-state index contributed by atoms with van der Waals surface area (Å²) in [6.45, 7) is 3.57. The summed E-state index contributed by atoms with van der Waals surface area (Å²) in [4.78, 5) is 31.1. The zero-order chi connectivity index (χ0) is 14.7. The highest BCUT2D eigenvalue weighted by Crippen LogP contribution is 2.10. The number of amides is 1. The summed E-state index contributed by atoms with van der Waals surface area (Å²) in [6.07, 6.45) is 3.61. The average Bonchev–Trinajstić information content (AvgIpc) is 2.91. The maximum atomic E-state index is 12.2. The molecule has 106 valence electrons. The summed E-state index contributed by atoms with van der Waals surface area (Å²) in [5.74, 6) is -1.13. The first-order chi connectivity index (χ1) is 9.58. The van der Waals surface area contributed by atoms with Gasteiger partial charge in [-0.2, -0.15) is 10.1 Å². The lowest BCUT2D eigenvalue weighted by atomic mass is 10.1. The van der Waals surface area contributed by atoms with E-state index in [0.29, 0.717) is 29.9 Å². The van der Waals surface area contributed by atoms with E-state index in [4.69, 9.17) is 5.11 Å². The van der Waals surface area contributed by atoms with Crippen LogP contribution in [0.4, 0.5) is 0 Å². The van der Waals surface area contributed by atoms with Crippen LogP contribution < -0.4 is 5.32 Å². The van der Waals surface area contributed by atoms with E-state index in [1.807, 2.05) is 6.92 Å². The Morgan fingerprint density at radius 2 is 2.15 bits per heavy atom. The molecular formula is C12H15N5O3. The molecule has 0 aromatic carbocycles. The van der Waals surface area contributed by atoms with Gasteiger partial charge < -0.3 is 10.4 Å². The van der Waals surface area contributed by atoms with Gasteiger partial charge in [-0.25, -0.2) is 14.3 Å².